The molecule has 0 saturated carbocycles. The second kappa shape index (κ2) is 4.98. The maximum atomic E-state index is 12.2. The van der Waals surface area contributed by atoms with E-state index in [9.17, 15) is 9.59 Å². The molecule has 2 amide bonds. The van der Waals surface area contributed by atoms with Crippen molar-refractivity contribution < 1.29 is 9.59 Å². The minimum Gasteiger partial charge on any atom is -0.344 e. The molecule has 1 aliphatic rings. The highest BCUT2D eigenvalue weighted by molar-refractivity contribution is 6.31. The molecule has 1 atom stereocenters. The number of rotatable bonds is 2. The van der Waals surface area contributed by atoms with Gasteiger partial charge in [0.05, 0.1) is 0 Å². The molecule has 96 valence electrons. The lowest BCUT2D eigenvalue weighted by atomic mass is 10.1. The highest BCUT2D eigenvalue weighted by Crippen LogP contribution is 2.18. The van der Waals surface area contributed by atoms with E-state index in [4.69, 9.17) is 11.6 Å². The Labute approximate surface area is 111 Å². The summed E-state index contributed by atoms with van der Waals surface area (Å²) in [6, 6.07) is 6.40. The first-order chi connectivity index (χ1) is 8.50. The molecule has 18 heavy (non-hydrogen) atoms. The van der Waals surface area contributed by atoms with Crippen LogP contribution in [0.5, 0.6) is 0 Å². The summed E-state index contributed by atoms with van der Waals surface area (Å²) in [5.41, 5.74) is 0.507. The highest BCUT2D eigenvalue weighted by Gasteiger charge is 2.34. The quantitative estimate of drug-likeness (QED) is 0.817. The number of hydrogen-bond donors (Lipinski definition) is 0. The minimum absolute atomic E-state index is 0.00659. The lowest BCUT2D eigenvalue weighted by Gasteiger charge is -2.23. The zero-order valence-corrected chi connectivity index (χ0v) is 11.1. The van der Waals surface area contributed by atoms with Crippen molar-refractivity contribution in [2.24, 2.45) is 0 Å². The normalized spacial score (nSPS) is 19.2. The summed E-state index contributed by atoms with van der Waals surface area (Å²) in [5.74, 6) is -0.181. The first kappa shape index (κ1) is 12.9. The molecule has 5 heteroatoms. The number of nitrogens with zero attached hydrogens (tertiary/aromatic N) is 2. The Morgan fingerprint density at radius 2 is 2.22 bits per heavy atom. The van der Waals surface area contributed by atoms with E-state index >= 15 is 0 Å². The topological polar surface area (TPSA) is 40.6 Å². The summed E-state index contributed by atoms with van der Waals surface area (Å²) in [7, 11) is 3.41. The number of benzene rings is 1. The second-order valence-electron chi connectivity index (χ2n) is 4.49. The van der Waals surface area contributed by atoms with Gasteiger partial charge in [-0.3, -0.25) is 9.59 Å². The summed E-state index contributed by atoms with van der Waals surface area (Å²) in [6.07, 6.45) is 0.679. The van der Waals surface area contributed by atoms with Crippen molar-refractivity contribution in [3.63, 3.8) is 0 Å². The molecule has 0 N–H and O–H groups in total. The standard InChI is InChI=1S/C13H15ClN2O2/c1-15-7-6-11(13(15)18)16(2)12(17)9-4-3-5-10(14)8-9/h3-5,8,11H,6-7H2,1-2H3. The van der Waals surface area contributed by atoms with Crippen molar-refractivity contribution in [2.75, 3.05) is 20.6 Å². The molecule has 2 rings (SSSR count). The Morgan fingerprint density at radius 1 is 1.50 bits per heavy atom. The van der Waals surface area contributed by atoms with E-state index in [1.807, 2.05) is 0 Å². The zero-order chi connectivity index (χ0) is 13.3. The van der Waals surface area contributed by atoms with Gasteiger partial charge in [-0.25, -0.2) is 0 Å². The van der Waals surface area contributed by atoms with Gasteiger partial charge in [-0.2, -0.15) is 0 Å². The van der Waals surface area contributed by atoms with Crippen molar-refractivity contribution >= 4 is 23.4 Å². The molecule has 0 aliphatic carbocycles. The lowest BCUT2D eigenvalue weighted by molar-refractivity contribution is -0.130. The van der Waals surface area contributed by atoms with Crippen LogP contribution in [0.3, 0.4) is 0 Å². The molecule has 4 nitrogen and oxygen atoms in total. The Morgan fingerprint density at radius 3 is 2.78 bits per heavy atom. The van der Waals surface area contributed by atoms with Gasteiger partial charge >= 0.3 is 0 Å². The monoisotopic (exact) mass is 266 g/mol. The smallest absolute Gasteiger partial charge is 0.254 e. The van der Waals surface area contributed by atoms with Crippen LogP contribution < -0.4 is 0 Å². The fourth-order valence-electron chi connectivity index (χ4n) is 2.13. The molecule has 1 aromatic carbocycles. The fraction of sp³-hybridized carbons (Fsp3) is 0.385. The predicted octanol–water partition coefficient (Wildman–Crippen LogP) is 1.64. The molecule has 1 saturated heterocycles. The Kier molecular flexibility index (Phi) is 3.57. The Balaban J connectivity index is 2.17. The molecule has 1 aromatic rings. The molecule has 1 fully saturated rings. The van der Waals surface area contributed by atoms with Crippen LogP contribution in [-0.2, 0) is 4.79 Å². The summed E-state index contributed by atoms with van der Waals surface area (Å²) in [5, 5.41) is 0.518. The van der Waals surface area contributed by atoms with Gasteiger partial charge in [0.15, 0.2) is 0 Å². The number of likely N-dealkylation sites (tertiary alicyclic amines) is 1. The number of likely N-dealkylation sites (N-methyl/N-ethyl adjacent to an activating group) is 2. The molecule has 0 spiro atoms. The summed E-state index contributed by atoms with van der Waals surface area (Å²) in [4.78, 5) is 27.2. The van der Waals surface area contributed by atoms with E-state index in [-0.39, 0.29) is 17.9 Å². The van der Waals surface area contributed by atoms with Crippen LogP contribution in [0.1, 0.15) is 16.8 Å². The van der Waals surface area contributed by atoms with Gasteiger partial charge in [0.1, 0.15) is 6.04 Å². The van der Waals surface area contributed by atoms with E-state index in [0.29, 0.717) is 23.6 Å². The zero-order valence-electron chi connectivity index (χ0n) is 10.4. The molecule has 1 heterocycles. The van der Waals surface area contributed by atoms with Crippen molar-refractivity contribution in [2.45, 2.75) is 12.5 Å². The van der Waals surface area contributed by atoms with Crippen molar-refractivity contribution in [3.8, 4) is 0 Å². The van der Waals surface area contributed by atoms with Crippen LogP contribution in [0.25, 0.3) is 0 Å². The van der Waals surface area contributed by atoms with Crippen LogP contribution >= 0.6 is 11.6 Å². The third kappa shape index (κ3) is 2.34. The molecule has 1 unspecified atom stereocenters. The Bertz CT molecular complexity index is 490. The van der Waals surface area contributed by atoms with Gasteiger partial charge in [0.25, 0.3) is 5.91 Å². The van der Waals surface area contributed by atoms with E-state index < -0.39 is 0 Å². The Hall–Kier alpha value is -1.55. The van der Waals surface area contributed by atoms with Gasteiger partial charge in [-0.15, -0.1) is 0 Å². The summed E-state index contributed by atoms with van der Waals surface area (Å²) < 4.78 is 0. The SMILES string of the molecule is CN1CCC(N(C)C(=O)c2cccc(Cl)c2)C1=O. The highest BCUT2D eigenvalue weighted by atomic mass is 35.5. The van der Waals surface area contributed by atoms with Crippen LogP contribution in [0, 0.1) is 0 Å². The maximum absolute atomic E-state index is 12.2. The maximum Gasteiger partial charge on any atom is 0.254 e. The van der Waals surface area contributed by atoms with Crippen LogP contribution in [0.15, 0.2) is 24.3 Å². The first-order valence-electron chi connectivity index (χ1n) is 5.78. The molecule has 1 aliphatic heterocycles. The van der Waals surface area contributed by atoms with Crippen LogP contribution in [-0.4, -0.2) is 48.3 Å². The van der Waals surface area contributed by atoms with E-state index in [2.05, 4.69) is 0 Å². The first-order valence-corrected chi connectivity index (χ1v) is 6.16. The van der Waals surface area contributed by atoms with Gasteiger partial charge < -0.3 is 9.80 Å². The largest absolute Gasteiger partial charge is 0.344 e. The van der Waals surface area contributed by atoms with E-state index in [1.165, 1.54) is 4.90 Å². The third-order valence-corrected chi connectivity index (χ3v) is 3.49. The summed E-state index contributed by atoms with van der Waals surface area (Å²) in [6.45, 7) is 0.691. The average Bonchev–Trinajstić information content (AvgIpc) is 2.68. The molecular weight excluding hydrogens is 252 g/mol. The van der Waals surface area contributed by atoms with Gasteiger partial charge in [-0.1, -0.05) is 17.7 Å². The molecule has 0 radical (unpaired) electrons. The van der Waals surface area contributed by atoms with Crippen LogP contribution in [0.4, 0.5) is 0 Å². The summed E-state index contributed by atoms with van der Waals surface area (Å²) >= 11 is 5.86. The minimum atomic E-state index is -0.360. The van der Waals surface area contributed by atoms with Gasteiger partial charge in [0, 0.05) is 31.2 Å². The predicted molar refractivity (Wildman–Crippen MR) is 69.6 cm³/mol. The number of carbonyl (C=O) groups excluding carboxylic acids is 2. The third-order valence-electron chi connectivity index (χ3n) is 3.26. The van der Waals surface area contributed by atoms with E-state index in [0.717, 1.165) is 0 Å². The number of amides is 2. The average molecular weight is 267 g/mol. The number of carbonyl (C=O) groups is 2. The van der Waals surface area contributed by atoms with Crippen molar-refractivity contribution in [3.05, 3.63) is 34.9 Å². The number of hydrogen-bond acceptors (Lipinski definition) is 2. The van der Waals surface area contributed by atoms with Crippen molar-refractivity contribution in [1.82, 2.24) is 9.80 Å². The second-order valence-corrected chi connectivity index (χ2v) is 4.93. The van der Waals surface area contributed by atoms with Crippen LogP contribution in [0.2, 0.25) is 5.02 Å². The molecule has 0 bridgehead atoms. The van der Waals surface area contributed by atoms with E-state index in [1.54, 1.807) is 43.3 Å². The number of halogens is 1. The van der Waals surface area contributed by atoms with Crippen molar-refractivity contribution in [1.29, 1.82) is 0 Å². The van der Waals surface area contributed by atoms with Gasteiger partial charge in [-0.05, 0) is 24.6 Å². The molecular formula is C13H15ClN2O2. The lowest BCUT2D eigenvalue weighted by Crippen LogP contribution is -2.42. The fourth-order valence-corrected chi connectivity index (χ4v) is 2.32. The molecule has 0 aromatic heterocycles. The van der Waals surface area contributed by atoms with Gasteiger partial charge in [0.2, 0.25) is 5.91 Å².